The molecule has 0 spiro atoms. The molecule has 1 amide bonds. The molecular weight excluding hydrogens is 573 g/mol. The summed E-state index contributed by atoms with van der Waals surface area (Å²) >= 11 is 9.44. The van der Waals surface area contributed by atoms with Crippen LogP contribution in [-0.2, 0) is 14.2 Å². The van der Waals surface area contributed by atoms with Gasteiger partial charge < -0.3 is 28.7 Å². The van der Waals surface area contributed by atoms with E-state index in [2.05, 4.69) is 32.0 Å². The molecule has 2 aromatic rings. The third kappa shape index (κ3) is 6.71. The van der Waals surface area contributed by atoms with Gasteiger partial charge in [0.15, 0.2) is 12.1 Å². The Morgan fingerprint density at radius 1 is 1.32 bits per heavy atom. The van der Waals surface area contributed by atoms with E-state index >= 15 is 4.39 Å². The predicted octanol–water partition coefficient (Wildman–Crippen LogP) is 4.91. The lowest BCUT2D eigenvalue weighted by Gasteiger charge is -2.41. The average Bonchev–Trinajstić information content (AvgIpc) is 2.82. The Morgan fingerprint density at radius 3 is 2.59 bits per heavy atom. The van der Waals surface area contributed by atoms with Gasteiger partial charge in [0.05, 0.1) is 28.0 Å². The lowest BCUT2D eigenvalue weighted by atomic mass is 10.1. The van der Waals surface area contributed by atoms with Gasteiger partial charge in [-0.1, -0.05) is 11.6 Å². The standard InChI is InChI=1S/C24H30BrClFN5O5/c1-13(21(34-5)35-6)36-22-29-19-15(11-16(26)17(25)18(19)27)20(30-22)31-9-10-32(14(12-31)7-8-28)23(33)37-24(2,3)4/h11,13-14,21H,7,9-10,12H2,1-6H3/t13-,14+/m1/s1. The van der Waals surface area contributed by atoms with Gasteiger partial charge >= 0.3 is 12.1 Å². The molecule has 3 rings (SSSR count). The summed E-state index contributed by atoms with van der Waals surface area (Å²) < 4.78 is 37.2. The summed E-state index contributed by atoms with van der Waals surface area (Å²) in [5.74, 6) is -0.307. The monoisotopic (exact) mass is 601 g/mol. The maximum atomic E-state index is 15.3. The molecule has 37 heavy (non-hydrogen) atoms. The summed E-state index contributed by atoms with van der Waals surface area (Å²) in [4.78, 5) is 25.1. The molecule has 2 atom stereocenters. The van der Waals surface area contributed by atoms with Crippen LogP contribution in [0.2, 0.25) is 5.02 Å². The second-order valence-corrected chi connectivity index (χ2v) is 10.7. The number of hydrogen-bond donors (Lipinski definition) is 0. The molecule has 1 aliphatic rings. The number of hydrogen-bond acceptors (Lipinski definition) is 9. The maximum Gasteiger partial charge on any atom is 0.410 e. The molecule has 1 fully saturated rings. The molecule has 0 unspecified atom stereocenters. The van der Waals surface area contributed by atoms with Crippen LogP contribution in [0.4, 0.5) is 15.0 Å². The molecule has 0 bridgehead atoms. The normalized spacial score (nSPS) is 17.2. The zero-order valence-electron chi connectivity index (χ0n) is 21.5. The van der Waals surface area contributed by atoms with Crippen LogP contribution >= 0.6 is 27.5 Å². The van der Waals surface area contributed by atoms with Crippen molar-refractivity contribution in [2.45, 2.75) is 58.2 Å². The van der Waals surface area contributed by atoms with E-state index in [1.165, 1.54) is 14.2 Å². The summed E-state index contributed by atoms with van der Waals surface area (Å²) in [6.45, 7) is 7.92. The van der Waals surface area contributed by atoms with Crippen molar-refractivity contribution in [3.63, 3.8) is 0 Å². The van der Waals surface area contributed by atoms with Crippen LogP contribution in [0, 0.1) is 17.1 Å². The topological polar surface area (TPSA) is 110 Å². The lowest BCUT2D eigenvalue weighted by molar-refractivity contribution is -0.152. The van der Waals surface area contributed by atoms with Crippen LogP contribution in [0.25, 0.3) is 10.9 Å². The molecule has 0 N–H and O–H groups in total. The van der Waals surface area contributed by atoms with Crippen molar-refractivity contribution in [2.75, 3.05) is 38.8 Å². The molecule has 13 heteroatoms. The SMILES string of the molecule is COC(OC)[C@@H](C)Oc1nc(N2CCN(C(=O)OC(C)(C)C)[C@@H](CC#N)C2)c2cc(Cl)c(Br)c(F)c2n1. The first-order valence-corrected chi connectivity index (χ1v) is 12.8. The van der Waals surface area contributed by atoms with Crippen LogP contribution < -0.4 is 9.64 Å². The van der Waals surface area contributed by atoms with Gasteiger partial charge in [0.25, 0.3) is 0 Å². The predicted molar refractivity (Wildman–Crippen MR) is 139 cm³/mol. The van der Waals surface area contributed by atoms with Crippen LogP contribution in [0.15, 0.2) is 10.5 Å². The van der Waals surface area contributed by atoms with Gasteiger partial charge in [-0.25, -0.2) is 9.18 Å². The molecular formula is C24H30BrClFN5O5. The van der Waals surface area contributed by atoms with Crippen LogP contribution in [-0.4, -0.2) is 78.9 Å². The van der Waals surface area contributed by atoms with E-state index in [1.54, 1.807) is 38.7 Å². The summed E-state index contributed by atoms with van der Waals surface area (Å²) in [6, 6.07) is 3.13. The van der Waals surface area contributed by atoms with Crippen molar-refractivity contribution in [3.05, 3.63) is 21.4 Å². The fourth-order valence-electron chi connectivity index (χ4n) is 4.02. The average molecular weight is 603 g/mol. The fourth-order valence-corrected chi connectivity index (χ4v) is 4.51. The Hall–Kier alpha value is -2.46. The van der Waals surface area contributed by atoms with Crippen molar-refractivity contribution in [2.24, 2.45) is 0 Å². The number of carbonyl (C=O) groups excluding carboxylic acids is 1. The van der Waals surface area contributed by atoms with E-state index in [4.69, 9.17) is 30.5 Å². The molecule has 2 heterocycles. The molecule has 1 saturated heterocycles. The number of rotatable bonds is 7. The number of anilines is 1. The number of ether oxygens (including phenoxy) is 4. The van der Waals surface area contributed by atoms with E-state index in [0.717, 1.165) is 0 Å². The molecule has 10 nitrogen and oxygen atoms in total. The number of halogens is 3. The van der Waals surface area contributed by atoms with Crippen molar-refractivity contribution >= 4 is 50.3 Å². The third-order valence-corrected chi connectivity index (χ3v) is 6.96. The summed E-state index contributed by atoms with van der Waals surface area (Å²) in [5, 5.41) is 9.95. The first kappa shape index (κ1) is 29.1. The zero-order chi connectivity index (χ0) is 27.5. The maximum absolute atomic E-state index is 15.3. The Morgan fingerprint density at radius 2 is 2.00 bits per heavy atom. The molecule has 0 saturated carbocycles. The fraction of sp³-hybridized carbons (Fsp3) is 0.583. The summed E-state index contributed by atoms with van der Waals surface area (Å²) in [6.07, 6.45) is -1.75. The Kier molecular flexibility index (Phi) is 9.39. The van der Waals surface area contributed by atoms with Crippen LogP contribution in [0.3, 0.4) is 0 Å². The second-order valence-electron chi connectivity index (χ2n) is 9.51. The molecule has 1 aromatic carbocycles. The number of carbonyl (C=O) groups is 1. The van der Waals surface area contributed by atoms with Gasteiger partial charge in [0.1, 0.15) is 23.0 Å². The second kappa shape index (κ2) is 11.9. The van der Waals surface area contributed by atoms with Gasteiger partial charge in [-0.2, -0.15) is 15.2 Å². The largest absolute Gasteiger partial charge is 0.455 e. The Labute approximate surface area is 228 Å². The summed E-state index contributed by atoms with van der Waals surface area (Å²) in [7, 11) is 2.94. The number of aromatic nitrogens is 2. The molecule has 0 radical (unpaired) electrons. The molecule has 1 aliphatic heterocycles. The lowest BCUT2D eigenvalue weighted by Crippen LogP contribution is -2.56. The van der Waals surface area contributed by atoms with Gasteiger partial charge in [-0.15, -0.1) is 0 Å². The molecule has 202 valence electrons. The highest BCUT2D eigenvalue weighted by Gasteiger charge is 2.35. The third-order valence-electron chi connectivity index (χ3n) is 5.66. The number of benzene rings is 1. The van der Waals surface area contributed by atoms with Crippen LogP contribution in [0.5, 0.6) is 6.01 Å². The smallest absolute Gasteiger partial charge is 0.410 e. The van der Waals surface area contributed by atoms with Gasteiger partial charge in [0, 0.05) is 39.2 Å². The minimum atomic E-state index is -0.707. The van der Waals surface area contributed by atoms with Crippen LogP contribution in [0.1, 0.15) is 34.1 Å². The number of fused-ring (bicyclic) bond motifs is 1. The molecule has 0 aliphatic carbocycles. The highest BCUT2D eigenvalue weighted by molar-refractivity contribution is 9.10. The minimum absolute atomic E-state index is 0.00117. The number of nitriles is 1. The van der Waals surface area contributed by atoms with E-state index in [9.17, 15) is 10.1 Å². The zero-order valence-corrected chi connectivity index (χ0v) is 23.9. The highest BCUT2D eigenvalue weighted by atomic mass is 79.9. The summed E-state index contributed by atoms with van der Waals surface area (Å²) in [5.41, 5.74) is -0.678. The van der Waals surface area contributed by atoms with E-state index < -0.39 is 35.9 Å². The van der Waals surface area contributed by atoms with Crippen molar-refractivity contribution < 1.29 is 28.1 Å². The number of piperazine rings is 1. The van der Waals surface area contributed by atoms with E-state index in [1.807, 2.05) is 4.90 Å². The number of nitrogens with zero attached hydrogens (tertiary/aromatic N) is 5. The van der Waals surface area contributed by atoms with Crippen molar-refractivity contribution in [1.82, 2.24) is 14.9 Å². The van der Waals surface area contributed by atoms with E-state index in [0.29, 0.717) is 17.7 Å². The first-order chi connectivity index (χ1) is 17.4. The Bertz CT molecular complexity index is 1190. The van der Waals surface area contributed by atoms with E-state index in [-0.39, 0.29) is 40.5 Å². The quantitative estimate of drug-likeness (QED) is 0.322. The number of methoxy groups -OCH3 is 2. The Balaban J connectivity index is 2.03. The van der Waals surface area contributed by atoms with Crippen molar-refractivity contribution in [1.29, 1.82) is 5.26 Å². The van der Waals surface area contributed by atoms with Gasteiger partial charge in [-0.05, 0) is 49.7 Å². The highest BCUT2D eigenvalue weighted by Crippen LogP contribution is 2.37. The van der Waals surface area contributed by atoms with Crippen molar-refractivity contribution in [3.8, 4) is 12.1 Å². The van der Waals surface area contributed by atoms with Gasteiger partial charge in [0.2, 0.25) is 0 Å². The minimum Gasteiger partial charge on any atom is -0.455 e. The molecule has 1 aromatic heterocycles. The number of amides is 1. The first-order valence-electron chi connectivity index (χ1n) is 11.6. The van der Waals surface area contributed by atoms with Gasteiger partial charge in [-0.3, -0.25) is 0 Å².